The Kier molecular flexibility index (Phi) is 6.55. The van der Waals surface area contributed by atoms with Gasteiger partial charge in [-0.15, -0.1) is 0 Å². The lowest BCUT2D eigenvalue weighted by Gasteiger charge is -2.30. The smallest absolute Gasteiger partial charge is 0.241 e. The number of rotatable bonds is 6. The van der Waals surface area contributed by atoms with Gasteiger partial charge in [-0.25, -0.2) is 4.39 Å². The summed E-state index contributed by atoms with van der Waals surface area (Å²) in [4.78, 5) is 30.3. The van der Waals surface area contributed by atoms with E-state index in [0.29, 0.717) is 35.2 Å². The number of aromatic nitrogens is 2. The number of hydrogen-bond acceptors (Lipinski definition) is 6. The summed E-state index contributed by atoms with van der Waals surface area (Å²) in [7, 11) is 0. The van der Waals surface area contributed by atoms with E-state index in [1.54, 1.807) is 36.4 Å². The molecule has 0 saturated carbocycles. The average molecular weight is 437 g/mol. The van der Waals surface area contributed by atoms with Gasteiger partial charge in [-0.1, -0.05) is 5.16 Å². The number of anilines is 2. The Hall–Kier alpha value is -3.59. The Balaban J connectivity index is 1.25. The van der Waals surface area contributed by atoms with Gasteiger partial charge in [0.25, 0.3) is 0 Å². The van der Waals surface area contributed by atoms with Gasteiger partial charge in [0.1, 0.15) is 5.82 Å². The second-order valence-corrected chi connectivity index (χ2v) is 7.82. The lowest BCUT2D eigenvalue weighted by Crippen LogP contribution is -2.37. The third kappa shape index (κ3) is 5.55. The first-order valence-corrected chi connectivity index (χ1v) is 10.5. The molecule has 1 aromatic heterocycles. The van der Waals surface area contributed by atoms with Crippen LogP contribution >= 0.6 is 0 Å². The van der Waals surface area contributed by atoms with Crippen LogP contribution in [0, 0.1) is 11.7 Å². The SMILES string of the molecule is CC(=O)Nc1ccc(NC(=O)C2CCN(Cc3nc(-c4ccc(F)cc4)no3)CC2)cc1. The van der Waals surface area contributed by atoms with E-state index >= 15 is 0 Å². The molecular formula is C23H24FN5O3. The summed E-state index contributed by atoms with van der Waals surface area (Å²) < 4.78 is 18.4. The predicted molar refractivity (Wildman–Crippen MR) is 117 cm³/mol. The summed E-state index contributed by atoms with van der Waals surface area (Å²) in [6, 6.07) is 13.0. The molecule has 2 amide bonds. The molecule has 0 spiro atoms. The Labute approximate surface area is 184 Å². The molecule has 9 heteroatoms. The van der Waals surface area contributed by atoms with Crippen LogP contribution in [0.1, 0.15) is 25.7 Å². The van der Waals surface area contributed by atoms with Gasteiger partial charge in [0.05, 0.1) is 6.54 Å². The number of nitrogens with one attached hydrogen (secondary N) is 2. The van der Waals surface area contributed by atoms with Gasteiger partial charge in [-0.3, -0.25) is 14.5 Å². The third-order valence-corrected chi connectivity index (χ3v) is 5.36. The van der Waals surface area contributed by atoms with Crippen LogP contribution in [-0.2, 0) is 16.1 Å². The molecule has 0 unspecified atom stereocenters. The van der Waals surface area contributed by atoms with E-state index in [-0.39, 0.29) is 23.5 Å². The number of hydrogen-bond donors (Lipinski definition) is 2. The Bertz CT molecular complexity index is 1070. The van der Waals surface area contributed by atoms with Crippen molar-refractivity contribution in [3.05, 3.63) is 60.2 Å². The number of likely N-dealkylation sites (tertiary alicyclic amines) is 1. The maximum absolute atomic E-state index is 13.1. The van der Waals surface area contributed by atoms with Crippen LogP contribution < -0.4 is 10.6 Å². The van der Waals surface area contributed by atoms with Gasteiger partial charge < -0.3 is 15.2 Å². The molecule has 0 aliphatic carbocycles. The van der Waals surface area contributed by atoms with Crippen LogP contribution in [0.2, 0.25) is 0 Å². The van der Waals surface area contributed by atoms with Crippen molar-refractivity contribution in [2.24, 2.45) is 5.92 Å². The van der Waals surface area contributed by atoms with Gasteiger partial charge in [0.2, 0.25) is 23.5 Å². The molecule has 0 atom stereocenters. The molecule has 1 aliphatic heterocycles. The highest BCUT2D eigenvalue weighted by atomic mass is 19.1. The van der Waals surface area contributed by atoms with Crippen LogP contribution in [0.5, 0.6) is 0 Å². The van der Waals surface area contributed by atoms with Crippen molar-refractivity contribution in [2.45, 2.75) is 26.3 Å². The summed E-state index contributed by atoms with van der Waals surface area (Å²) >= 11 is 0. The Morgan fingerprint density at radius 3 is 2.28 bits per heavy atom. The highest BCUT2D eigenvalue weighted by molar-refractivity contribution is 5.93. The third-order valence-electron chi connectivity index (χ3n) is 5.36. The minimum atomic E-state index is -0.314. The minimum absolute atomic E-state index is 0.00619. The monoisotopic (exact) mass is 437 g/mol. The summed E-state index contributed by atoms with van der Waals surface area (Å²) in [6.45, 7) is 3.44. The van der Waals surface area contributed by atoms with Crippen molar-refractivity contribution in [3.8, 4) is 11.4 Å². The fourth-order valence-corrected chi connectivity index (χ4v) is 3.66. The fraction of sp³-hybridized carbons (Fsp3) is 0.304. The topological polar surface area (TPSA) is 100 Å². The van der Waals surface area contributed by atoms with E-state index < -0.39 is 0 Å². The van der Waals surface area contributed by atoms with Crippen molar-refractivity contribution >= 4 is 23.2 Å². The quantitative estimate of drug-likeness (QED) is 0.610. The summed E-state index contributed by atoms with van der Waals surface area (Å²) in [6.07, 6.45) is 1.46. The second kappa shape index (κ2) is 9.69. The second-order valence-electron chi connectivity index (χ2n) is 7.82. The van der Waals surface area contributed by atoms with Crippen molar-refractivity contribution < 1.29 is 18.5 Å². The molecule has 4 rings (SSSR count). The number of benzene rings is 2. The van der Waals surface area contributed by atoms with Crippen molar-refractivity contribution in [2.75, 3.05) is 23.7 Å². The zero-order valence-electron chi connectivity index (χ0n) is 17.7. The maximum Gasteiger partial charge on any atom is 0.241 e. The lowest BCUT2D eigenvalue weighted by atomic mass is 9.96. The van der Waals surface area contributed by atoms with Gasteiger partial charge in [-0.05, 0) is 74.5 Å². The van der Waals surface area contributed by atoms with E-state index in [4.69, 9.17) is 4.52 Å². The number of piperidine rings is 1. The average Bonchev–Trinajstić information content (AvgIpc) is 3.24. The molecular weight excluding hydrogens is 413 g/mol. The lowest BCUT2D eigenvalue weighted by molar-refractivity contribution is -0.121. The fourth-order valence-electron chi connectivity index (χ4n) is 3.66. The van der Waals surface area contributed by atoms with Crippen molar-refractivity contribution in [1.29, 1.82) is 0 Å². The van der Waals surface area contributed by atoms with E-state index in [2.05, 4.69) is 25.7 Å². The maximum atomic E-state index is 13.1. The van der Waals surface area contributed by atoms with Crippen LogP contribution in [-0.4, -0.2) is 39.9 Å². The van der Waals surface area contributed by atoms with Gasteiger partial charge in [0, 0.05) is 29.8 Å². The van der Waals surface area contributed by atoms with E-state index in [1.807, 2.05) is 0 Å². The van der Waals surface area contributed by atoms with Gasteiger partial charge in [-0.2, -0.15) is 4.98 Å². The normalized spacial score (nSPS) is 14.8. The van der Waals surface area contributed by atoms with Crippen LogP contribution in [0.3, 0.4) is 0 Å². The van der Waals surface area contributed by atoms with E-state index in [9.17, 15) is 14.0 Å². The first-order valence-electron chi connectivity index (χ1n) is 10.5. The molecule has 32 heavy (non-hydrogen) atoms. The Morgan fingerprint density at radius 1 is 1.03 bits per heavy atom. The minimum Gasteiger partial charge on any atom is -0.338 e. The zero-order valence-corrected chi connectivity index (χ0v) is 17.7. The number of carbonyl (C=O) groups is 2. The van der Waals surface area contributed by atoms with E-state index in [1.165, 1.54) is 19.1 Å². The molecule has 1 fully saturated rings. The summed E-state index contributed by atoms with van der Waals surface area (Å²) in [5.41, 5.74) is 2.08. The molecule has 8 nitrogen and oxygen atoms in total. The van der Waals surface area contributed by atoms with Crippen molar-refractivity contribution in [1.82, 2.24) is 15.0 Å². The van der Waals surface area contributed by atoms with Gasteiger partial charge in [0.15, 0.2) is 0 Å². The summed E-state index contributed by atoms with van der Waals surface area (Å²) in [5.74, 6) is 0.393. The van der Waals surface area contributed by atoms with Crippen molar-refractivity contribution in [3.63, 3.8) is 0 Å². The number of carbonyl (C=O) groups excluding carboxylic acids is 2. The van der Waals surface area contributed by atoms with Gasteiger partial charge >= 0.3 is 0 Å². The van der Waals surface area contributed by atoms with Crippen LogP contribution in [0.15, 0.2) is 53.1 Å². The first-order chi connectivity index (χ1) is 15.5. The first kappa shape index (κ1) is 21.6. The Morgan fingerprint density at radius 2 is 1.66 bits per heavy atom. The largest absolute Gasteiger partial charge is 0.338 e. The predicted octanol–water partition coefficient (Wildman–Crippen LogP) is 3.68. The van der Waals surface area contributed by atoms with Crippen LogP contribution in [0.4, 0.5) is 15.8 Å². The standard InChI is InChI=1S/C23H24FN5O3/c1-15(30)25-19-6-8-20(9-7-19)26-23(31)17-10-12-29(13-11-17)14-21-27-22(28-32-21)16-2-4-18(24)5-3-16/h2-9,17H,10-14H2,1H3,(H,25,30)(H,26,31). The molecule has 0 radical (unpaired) electrons. The highest BCUT2D eigenvalue weighted by Gasteiger charge is 2.26. The number of nitrogens with zero attached hydrogens (tertiary/aromatic N) is 3. The molecule has 2 aromatic carbocycles. The molecule has 3 aromatic rings. The molecule has 0 bridgehead atoms. The number of amides is 2. The molecule has 2 N–H and O–H groups in total. The number of halogens is 1. The molecule has 2 heterocycles. The molecule has 1 saturated heterocycles. The summed E-state index contributed by atoms with van der Waals surface area (Å²) in [5, 5.41) is 9.61. The van der Waals surface area contributed by atoms with Crippen LogP contribution in [0.25, 0.3) is 11.4 Å². The zero-order chi connectivity index (χ0) is 22.5. The van der Waals surface area contributed by atoms with E-state index in [0.717, 1.165) is 25.9 Å². The highest BCUT2D eigenvalue weighted by Crippen LogP contribution is 2.22. The molecule has 1 aliphatic rings. The molecule has 166 valence electrons.